The summed E-state index contributed by atoms with van der Waals surface area (Å²) in [6.45, 7) is 7.44. The topological polar surface area (TPSA) is 106 Å². The van der Waals surface area contributed by atoms with Crippen molar-refractivity contribution in [3.05, 3.63) is 41.5 Å². The molecule has 1 heterocycles. The average Bonchev–Trinajstić information content (AvgIpc) is 3.02. The minimum Gasteiger partial charge on any atom is -0.334 e. The van der Waals surface area contributed by atoms with Gasteiger partial charge in [0, 0.05) is 13.1 Å². The van der Waals surface area contributed by atoms with Gasteiger partial charge < -0.3 is 15.2 Å². The lowest BCUT2D eigenvalue weighted by Gasteiger charge is -2.20. The molecule has 2 N–H and O–H groups in total. The van der Waals surface area contributed by atoms with Crippen LogP contribution in [-0.2, 0) is 16.9 Å². The third-order valence-corrected chi connectivity index (χ3v) is 6.38. The summed E-state index contributed by atoms with van der Waals surface area (Å²) in [5.41, 5.74) is 1.96. The lowest BCUT2D eigenvalue weighted by Crippen LogP contribution is -2.45. The van der Waals surface area contributed by atoms with Gasteiger partial charge in [-0.15, -0.1) is 10.2 Å². The maximum Gasteiger partial charge on any atom is 0.315 e. The smallest absolute Gasteiger partial charge is 0.315 e. The fraction of sp³-hybridized carbons (Fsp3) is 0.500. The number of hydrogen-bond donors (Lipinski definition) is 2. The van der Waals surface area contributed by atoms with Gasteiger partial charge in [-0.25, -0.2) is 13.2 Å². The first-order valence-corrected chi connectivity index (χ1v) is 10.5. The summed E-state index contributed by atoms with van der Waals surface area (Å²) in [7, 11) is -1.72. The highest BCUT2D eigenvalue weighted by molar-refractivity contribution is 7.91. The Hall–Kier alpha value is -2.42. The fourth-order valence-electron chi connectivity index (χ4n) is 2.70. The van der Waals surface area contributed by atoms with Gasteiger partial charge >= 0.3 is 6.03 Å². The zero-order chi connectivity index (χ0) is 20.2. The summed E-state index contributed by atoms with van der Waals surface area (Å²) in [4.78, 5) is 12.6. The van der Waals surface area contributed by atoms with Gasteiger partial charge in [-0.3, -0.25) is 0 Å². The minimum atomic E-state index is -3.50. The van der Waals surface area contributed by atoms with Crippen LogP contribution in [0.15, 0.2) is 29.4 Å². The van der Waals surface area contributed by atoms with E-state index in [9.17, 15) is 13.2 Å². The second-order valence-electron chi connectivity index (χ2n) is 6.77. The van der Waals surface area contributed by atoms with E-state index in [4.69, 9.17) is 0 Å². The summed E-state index contributed by atoms with van der Waals surface area (Å²) in [6, 6.07) is 3.79. The Morgan fingerprint density at radius 3 is 2.48 bits per heavy atom. The minimum absolute atomic E-state index is 0.155. The quantitative estimate of drug-likeness (QED) is 0.749. The van der Waals surface area contributed by atoms with E-state index in [1.54, 1.807) is 43.1 Å². The molecule has 2 rings (SSSR count). The van der Waals surface area contributed by atoms with Gasteiger partial charge in [0.25, 0.3) is 0 Å². The first-order valence-electron chi connectivity index (χ1n) is 8.85. The van der Waals surface area contributed by atoms with E-state index in [-0.39, 0.29) is 16.7 Å². The number of hydrogen-bond acceptors (Lipinski definition) is 5. The van der Waals surface area contributed by atoms with Crippen molar-refractivity contribution in [1.82, 2.24) is 25.4 Å². The van der Waals surface area contributed by atoms with Gasteiger partial charge in [0.2, 0.25) is 0 Å². The molecule has 0 aliphatic rings. The van der Waals surface area contributed by atoms with Gasteiger partial charge in [-0.1, -0.05) is 13.0 Å². The van der Waals surface area contributed by atoms with Crippen LogP contribution in [0, 0.1) is 13.8 Å². The molecule has 0 aliphatic carbocycles. The Kier molecular flexibility index (Phi) is 6.59. The van der Waals surface area contributed by atoms with Crippen LogP contribution < -0.4 is 10.6 Å². The molecule has 0 saturated heterocycles. The molecule has 0 saturated carbocycles. The largest absolute Gasteiger partial charge is 0.334 e. The number of nitrogens with zero attached hydrogens (tertiary/aromatic N) is 3. The predicted molar refractivity (Wildman–Crippen MR) is 103 cm³/mol. The molecule has 0 bridgehead atoms. The van der Waals surface area contributed by atoms with E-state index in [0.717, 1.165) is 11.1 Å². The molecular weight excluding hydrogens is 366 g/mol. The number of carbonyl (C=O) groups excluding carboxylic acids is 1. The fourth-order valence-corrected chi connectivity index (χ4v) is 4.38. The molecule has 0 unspecified atom stereocenters. The van der Waals surface area contributed by atoms with E-state index in [2.05, 4.69) is 20.8 Å². The Balaban J connectivity index is 2.02. The highest BCUT2D eigenvalue weighted by Gasteiger charge is 2.23. The number of rotatable bonds is 7. The lowest BCUT2D eigenvalue weighted by atomic mass is 10.1. The van der Waals surface area contributed by atoms with E-state index in [1.165, 1.54) is 0 Å². The van der Waals surface area contributed by atoms with Gasteiger partial charge in [0.15, 0.2) is 15.7 Å². The van der Waals surface area contributed by atoms with Crippen LogP contribution in [0.25, 0.3) is 0 Å². The summed E-state index contributed by atoms with van der Waals surface area (Å²) in [5, 5.41) is 13.2. The van der Waals surface area contributed by atoms with Crippen LogP contribution >= 0.6 is 0 Å². The second-order valence-corrected chi connectivity index (χ2v) is 8.81. The van der Waals surface area contributed by atoms with Crippen molar-refractivity contribution in [3.8, 4) is 0 Å². The van der Waals surface area contributed by atoms with Gasteiger partial charge in [0.1, 0.15) is 6.33 Å². The number of nitrogens with one attached hydrogen (secondary N) is 2. The summed E-state index contributed by atoms with van der Waals surface area (Å²) < 4.78 is 27.1. The number of carbonyl (C=O) groups is 1. The van der Waals surface area contributed by atoms with E-state index >= 15 is 0 Å². The Labute approximate surface area is 160 Å². The number of aromatic nitrogens is 3. The molecule has 0 radical (unpaired) electrons. The molecular formula is C18H27N5O3S. The molecule has 0 spiro atoms. The van der Waals surface area contributed by atoms with Crippen molar-refractivity contribution >= 4 is 15.9 Å². The molecule has 0 fully saturated rings. The molecule has 1 aromatic carbocycles. The van der Waals surface area contributed by atoms with Gasteiger partial charge in [0.05, 0.1) is 16.7 Å². The predicted octanol–water partition coefficient (Wildman–Crippen LogP) is 2.04. The molecule has 2 amide bonds. The van der Waals surface area contributed by atoms with E-state index < -0.39 is 21.9 Å². The monoisotopic (exact) mass is 393 g/mol. The Bertz CT molecular complexity index is 907. The highest BCUT2D eigenvalue weighted by Crippen LogP contribution is 2.17. The molecule has 148 valence electrons. The molecule has 27 heavy (non-hydrogen) atoms. The number of aryl methyl sites for hydroxylation is 3. The Morgan fingerprint density at radius 2 is 1.93 bits per heavy atom. The van der Waals surface area contributed by atoms with Crippen molar-refractivity contribution < 1.29 is 13.2 Å². The van der Waals surface area contributed by atoms with Crippen LogP contribution in [0.5, 0.6) is 0 Å². The molecule has 9 heteroatoms. The molecule has 1 aromatic heterocycles. The maximum absolute atomic E-state index is 12.7. The van der Waals surface area contributed by atoms with Crippen LogP contribution in [0.3, 0.4) is 0 Å². The molecule has 8 nitrogen and oxygen atoms in total. The number of sulfone groups is 1. The van der Waals surface area contributed by atoms with E-state index in [0.29, 0.717) is 12.2 Å². The second kappa shape index (κ2) is 8.51. The van der Waals surface area contributed by atoms with Crippen LogP contribution in [-0.4, -0.2) is 41.0 Å². The normalized spacial score (nSPS) is 13.8. The highest BCUT2D eigenvalue weighted by atomic mass is 32.2. The summed E-state index contributed by atoms with van der Waals surface area (Å²) in [6.07, 6.45) is 2.05. The average molecular weight is 394 g/mol. The lowest BCUT2D eigenvalue weighted by molar-refractivity contribution is 0.234. The van der Waals surface area contributed by atoms with E-state index in [1.807, 2.05) is 20.8 Å². The maximum atomic E-state index is 12.7. The molecule has 0 aliphatic heterocycles. The van der Waals surface area contributed by atoms with Crippen molar-refractivity contribution in [2.24, 2.45) is 7.05 Å². The molecule has 2 atom stereocenters. The van der Waals surface area contributed by atoms with Crippen molar-refractivity contribution in [2.75, 3.05) is 5.75 Å². The summed E-state index contributed by atoms with van der Waals surface area (Å²) in [5.74, 6) is 0.457. The standard InChI is InChI=1S/C18H27N5O3S/c1-6-15(10-27(25,26)16-8-7-12(2)13(3)9-16)21-18(24)20-14(4)17-22-19-11-23(17)5/h7-9,11,14-15H,6,10H2,1-5H3,(H2,20,21,24)/t14-,15+/m1/s1. The zero-order valence-electron chi connectivity index (χ0n) is 16.4. The zero-order valence-corrected chi connectivity index (χ0v) is 17.2. The Morgan fingerprint density at radius 1 is 1.22 bits per heavy atom. The third kappa shape index (κ3) is 5.29. The number of amides is 2. The third-order valence-electron chi connectivity index (χ3n) is 4.57. The van der Waals surface area contributed by atoms with Crippen molar-refractivity contribution in [3.63, 3.8) is 0 Å². The van der Waals surface area contributed by atoms with Crippen LogP contribution in [0.2, 0.25) is 0 Å². The van der Waals surface area contributed by atoms with Crippen LogP contribution in [0.4, 0.5) is 4.79 Å². The molecule has 2 aromatic rings. The van der Waals surface area contributed by atoms with Crippen LogP contribution in [0.1, 0.15) is 43.3 Å². The van der Waals surface area contributed by atoms with Gasteiger partial charge in [-0.2, -0.15) is 0 Å². The number of benzene rings is 1. The van der Waals surface area contributed by atoms with Crippen molar-refractivity contribution in [1.29, 1.82) is 0 Å². The van der Waals surface area contributed by atoms with Gasteiger partial charge in [-0.05, 0) is 50.5 Å². The number of urea groups is 1. The SMILES string of the molecule is CC[C@@H](CS(=O)(=O)c1ccc(C)c(C)c1)NC(=O)N[C@H](C)c1nncn1C. The first-order chi connectivity index (χ1) is 12.6. The summed E-state index contributed by atoms with van der Waals surface area (Å²) >= 11 is 0. The van der Waals surface area contributed by atoms with Crippen molar-refractivity contribution in [2.45, 2.75) is 51.1 Å². The first kappa shape index (κ1) is 20.9.